The van der Waals surface area contributed by atoms with Crippen LogP contribution in [0.15, 0.2) is 91.1 Å². The fourth-order valence-corrected chi connectivity index (χ4v) is 5.51. The zero-order chi connectivity index (χ0) is 27.1. The van der Waals surface area contributed by atoms with Crippen LogP contribution in [0.1, 0.15) is 52.2 Å². The average molecular weight is 516 g/mol. The van der Waals surface area contributed by atoms with E-state index in [9.17, 15) is 4.79 Å². The first-order valence-corrected chi connectivity index (χ1v) is 13.5. The number of rotatable bonds is 4. The molecule has 1 N–H and O–H groups in total. The van der Waals surface area contributed by atoms with Crippen LogP contribution in [-0.2, 0) is 13.0 Å². The molecule has 196 valence electrons. The third kappa shape index (κ3) is 4.32. The molecule has 0 saturated carbocycles. The van der Waals surface area contributed by atoms with Crippen LogP contribution < -0.4 is 5.32 Å². The summed E-state index contributed by atoms with van der Waals surface area (Å²) in [6.07, 6.45) is 3.05. The van der Waals surface area contributed by atoms with Crippen molar-refractivity contribution < 1.29 is 4.79 Å². The summed E-state index contributed by atoms with van der Waals surface area (Å²) >= 11 is 0. The number of aromatic nitrogens is 3. The Morgan fingerprint density at radius 2 is 1.69 bits per heavy atom. The molecule has 6 nitrogen and oxygen atoms in total. The minimum absolute atomic E-state index is 0.138. The predicted octanol–water partition coefficient (Wildman–Crippen LogP) is 7.29. The summed E-state index contributed by atoms with van der Waals surface area (Å²) in [5, 5.41) is 8.18. The fourth-order valence-electron chi connectivity index (χ4n) is 5.51. The Morgan fingerprint density at radius 1 is 0.923 bits per heavy atom. The summed E-state index contributed by atoms with van der Waals surface area (Å²) in [5.74, 6) is 0.968. The van der Waals surface area contributed by atoms with Crippen molar-refractivity contribution in [2.24, 2.45) is 0 Å². The summed E-state index contributed by atoms with van der Waals surface area (Å²) in [5.41, 5.74) is 9.33. The molecule has 5 aromatic rings. The van der Waals surface area contributed by atoms with Crippen LogP contribution in [0.4, 0.5) is 10.5 Å². The normalized spacial score (nSPS) is 14.5. The number of benzene rings is 3. The van der Waals surface area contributed by atoms with E-state index in [1.54, 1.807) is 0 Å². The van der Waals surface area contributed by atoms with Gasteiger partial charge >= 0.3 is 6.03 Å². The van der Waals surface area contributed by atoms with Crippen LogP contribution in [0.3, 0.4) is 0 Å². The zero-order valence-corrected chi connectivity index (χ0v) is 22.8. The molecule has 3 aromatic carbocycles. The van der Waals surface area contributed by atoms with Crippen LogP contribution in [0.5, 0.6) is 0 Å². The molecule has 39 heavy (non-hydrogen) atoms. The molecule has 6 rings (SSSR count). The molecule has 1 aliphatic rings. The molecule has 3 heterocycles. The van der Waals surface area contributed by atoms with E-state index in [0.29, 0.717) is 6.54 Å². The lowest BCUT2D eigenvalue weighted by Gasteiger charge is -2.31. The molecular formula is C33H33N5O. The maximum atomic E-state index is 14.2. The van der Waals surface area contributed by atoms with Crippen molar-refractivity contribution >= 4 is 11.7 Å². The quantitative estimate of drug-likeness (QED) is 0.273. The molecule has 0 bridgehead atoms. The summed E-state index contributed by atoms with van der Waals surface area (Å²) < 4.78 is 4.20. The monoisotopic (exact) mass is 515 g/mol. The number of nitrogens with one attached hydrogen (secondary N) is 1. The Bertz CT molecular complexity index is 1650. The molecule has 0 aliphatic carbocycles. The Hall–Kier alpha value is -4.58. The molecule has 2 aromatic heterocycles. The maximum Gasteiger partial charge on any atom is 0.322 e. The number of fused-ring (bicyclic) bond motifs is 3. The number of anilines is 1. The van der Waals surface area contributed by atoms with Gasteiger partial charge in [-0.05, 0) is 79.8 Å². The average Bonchev–Trinajstić information content (AvgIpc) is 3.52. The van der Waals surface area contributed by atoms with Gasteiger partial charge in [0.2, 0.25) is 0 Å². The van der Waals surface area contributed by atoms with Gasteiger partial charge in [0.15, 0.2) is 0 Å². The first kappa shape index (κ1) is 24.7. The molecule has 1 atom stereocenters. The van der Waals surface area contributed by atoms with Crippen molar-refractivity contribution in [1.82, 2.24) is 19.2 Å². The standard InChI is InChI=1S/C33H33N5O/c1-5-25-16-18-26(19-17-25)31-30-15-10-20-36(30)32-28(24(4)35-38(32)27-12-7-6-8-13-27)21-37(31)33(39)34-29-14-9-11-22(2)23(29)3/h6-20,31H,5,21H2,1-4H3,(H,34,39)/t31-/m1/s1. The molecule has 0 saturated heterocycles. The lowest BCUT2D eigenvalue weighted by Crippen LogP contribution is -2.38. The van der Waals surface area contributed by atoms with E-state index in [1.807, 2.05) is 53.8 Å². The van der Waals surface area contributed by atoms with Crippen LogP contribution >= 0.6 is 0 Å². The van der Waals surface area contributed by atoms with Crippen LogP contribution in [-0.4, -0.2) is 25.3 Å². The lowest BCUT2D eigenvalue weighted by atomic mass is 9.99. The van der Waals surface area contributed by atoms with E-state index in [4.69, 9.17) is 5.10 Å². The Morgan fingerprint density at radius 3 is 2.44 bits per heavy atom. The summed E-state index contributed by atoms with van der Waals surface area (Å²) in [6, 6.07) is 28.6. The van der Waals surface area contributed by atoms with Gasteiger partial charge in [0.05, 0.1) is 29.7 Å². The van der Waals surface area contributed by atoms with Crippen molar-refractivity contribution in [2.45, 2.75) is 46.7 Å². The highest BCUT2D eigenvalue weighted by Crippen LogP contribution is 2.39. The highest BCUT2D eigenvalue weighted by molar-refractivity contribution is 5.91. The van der Waals surface area contributed by atoms with Crippen molar-refractivity contribution in [3.05, 3.63) is 130 Å². The van der Waals surface area contributed by atoms with Crippen molar-refractivity contribution in [2.75, 3.05) is 5.32 Å². The molecule has 0 spiro atoms. The van der Waals surface area contributed by atoms with Gasteiger partial charge in [-0.15, -0.1) is 0 Å². The molecule has 2 amide bonds. The van der Waals surface area contributed by atoms with E-state index >= 15 is 0 Å². The van der Waals surface area contributed by atoms with E-state index in [-0.39, 0.29) is 12.1 Å². The van der Waals surface area contributed by atoms with Crippen molar-refractivity contribution in [3.63, 3.8) is 0 Å². The van der Waals surface area contributed by atoms with Gasteiger partial charge in [-0.1, -0.05) is 61.5 Å². The highest BCUT2D eigenvalue weighted by Gasteiger charge is 2.36. The van der Waals surface area contributed by atoms with E-state index in [2.05, 4.69) is 84.5 Å². The number of nitrogens with zero attached hydrogens (tertiary/aromatic N) is 4. The van der Waals surface area contributed by atoms with E-state index < -0.39 is 0 Å². The number of hydrogen-bond donors (Lipinski definition) is 1. The number of para-hydroxylation sites is 1. The van der Waals surface area contributed by atoms with Gasteiger partial charge in [-0.2, -0.15) is 5.10 Å². The Kier molecular flexibility index (Phi) is 6.31. The SMILES string of the molecule is CCc1ccc([C@@H]2c3cccn3-c3c(c(C)nn3-c3ccccc3)CN2C(=O)Nc2cccc(C)c2C)cc1. The number of urea groups is 1. The Balaban J connectivity index is 1.53. The van der Waals surface area contributed by atoms with Crippen molar-refractivity contribution in [1.29, 1.82) is 0 Å². The topological polar surface area (TPSA) is 55.1 Å². The first-order valence-electron chi connectivity index (χ1n) is 13.5. The summed E-state index contributed by atoms with van der Waals surface area (Å²) in [7, 11) is 0. The number of carbonyl (C=O) groups is 1. The Labute approximate surface area is 229 Å². The molecule has 1 aliphatic heterocycles. The lowest BCUT2D eigenvalue weighted by molar-refractivity contribution is 0.194. The van der Waals surface area contributed by atoms with Crippen LogP contribution in [0.2, 0.25) is 0 Å². The van der Waals surface area contributed by atoms with Crippen LogP contribution in [0, 0.1) is 20.8 Å². The molecule has 6 heteroatoms. The number of aryl methyl sites for hydroxylation is 3. The second-order valence-electron chi connectivity index (χ2n) is 10.2. The zero-order valence-electron chi connectivity index (χ0n) is 22.8. The molecular weight excluding hydrogens is 482 g/mol. The van der Waals surface area contributed by atoms with E-state index in [0.717, 1.165) is 57.3 Å². The van der Waals surface area contributed by atoms with E-state index in [1.165, 1.54) is 5.56 Å². The number of hydrogen-bond acceptors (Lipinski definition) is 2. The van der Waals surface area contributed by atoms with Gasteiger partial charge in [0, 0.05) is 17.4 Å². The summed E-state index contributed by atoms with van der Waals surface area (Å²) in [4.78, 5) is 16.1. The first-order chi connectivity index (χ1) is 19.0. The largest absolute Gasteiger partial charge is 0.322 e. The van der Waals surface area contributed by atoms with Gasteiger partial charge in [-0.25, -0.2) is 9.48 Å². The maximum absolute atomic E-state index is 14.2. The third-order valence-electron chi connectivity index (χ3n) is 7.90. The minimum atomic E-state index is -0.285. The second kappa shape index (κ2) is 9.95. The molecule has 0 fully saturated rings. The second-order valence-corrected chi connectivity index (χ2v) is 10.2. The number of carbonyl (C=O) groups excluding carboxylic acids is 1. The fraction of sp³-hybridized carbons (Fsp3) is 0.212. The number of amides is 2. The molecule has 0 radical (unpaired) electrons. The van der Waals surface area contributed by atoms with Gasteiger partial charge in [0.1, 0.15) is 5.82 Å². The van der Waals surface area contributed by atoms with Gasteiger partial charge in [-0.3, -0.25) is 0 Å². The van der Waals surface area contributed by atoms with Gasteiger partial charge in [0.25, 0.3) is 0 Å². The smallest absolute Gasteiger partial charge is 0.308 e. The van der Waals surface area contributed by atoms with Crippen molar-refractivity contribution in [3.8, 4) is 11.5 Å². The predicted molar refractivity (Wildman–Crippen MR) is 156 cm³/mol. The van der Waals surface area contributed by atoms with Gasteiger partial charge < -0.3 is 14.8 Å². The third-order valence-corrected chi connectivity index (χ3v) is 7.90. The van der Waals surface area contributed by atoms with Crippen LogP contribution in [0.25, 0.3) is 11.5 Å². The highest BCUT2D eigenvalue weighted by atomic mass is 16.2. The minimum Gasteiger partial charge on any atom is -0.308 e. The molecule has 0 unspecified atom stereocenters. The summed E-state index contributed by atoms with van der Waals surface area (Å²) in [6.45, 7) is 8.72.